The van der Waals surface area contributed by atoms with Crippen molar-refractivity contribution in [1.82, 2.24) is 9.62 Å². The number of benzene rings is 1. The number of esters is 1. The highest BCUT2D eigenvalue weighted by molar-refractivity contribution is 7.89. The SMILES string of the molecule is CNS(=O)(=O)c1cccc(C(=O)OCC(=O)N(C)CCC#N)c1. The van der Waals surface area contributed by atoms with Gasteiger partial charge in [0.15, 0.2) is 6.61 Å². The van der Waals surface area contributed by atoms with Gasteiger partial charge in [0.25, 0.3) is 5.91 Å². The number of likely N-dealkylation sites (N-methyl/N-ethyl adjacent to an activating group) is 1. The van der Waals surface area contributed by atoms with Crippen molar-refractivity contribution in [1.29, 1.82) is 5.26 Å². The normalized spacial score (nSPS) is 10.7. The number of ether oxygens (including phenoxy) is 1. The summed E-state index contributed by atoms with van der Waals surface area (Å²) in [6.07, 6.45) is 0.181. The third-order valence-corrected chi connectivity index (χ3v) is 4.37. The molecule has 0 aliphatic carbocycles. The van der Waals surface area contributed by atoms with E-state index in [2.05, 4.69) is 4.72 Å². The number of carbonyl (C=O) groups excluding carboxylic acids is 2. The summed E-state index contributed by atoms with van der Waals surface area (Å²) in [5.74, 6) is -1.26. The van der Waals surface area contributed by atoms with Gasteiger partial charge in [-0.3, -0.25) is 4.79 Å². The summed E-state index contributed by atoms with van der Waals surface area (Å²) in [4.78, 5) is 24.8. The molecule has 23 heavy (non-hydrogen) atoms. The third kappa shape index (κ3) is 5.36. The van der Waals surface area contributed by atoms with Crippen molar-refractivity contribution < 1.29 is 22.7 Å². The van der Waals surface area contributed by atoms with E-state index in [1.807, 2.05) is 6.07 Å². The lowest BCUT2D eigenvalue weighted by molar-refractivity contribution is -0.133. The van der Waals surface area contributed by atoms with E-state index in [0.717, 1.165) is 6.07 Å². The van der Waals surface area contributed by atoms with Crippen LogP contribution in [0.25, 0.3) is 0 Å². The first-order valence-electron chi connectivity index (χ1n) is 6.63. The van der Waals surface area contributed by atoms with Crippen LogP contribution in [0.5, 0.6) is 0 Å². The average Bonchev–Trinajstić information content (AvgIpc) is 2.57. The average molecular weight is 339 g/mol. The number of nitriles is 1. The van der Waals surface area contributed by atoms with E-state index >= 15 is 0 Å². The second-order valence-electron chi connectivity index (χ2n) is 4.53. The molecule has 0 aliphatic rings. The Bertz CT molecular complexity index is 724. The lowest BCUT2D eigenvalue weighted by Gasteiger charge is -2.15. The highest BCUT2D eigenvalue weighted by Crippen LogP contribution is 2.12. The maximum Gasteiger partial charge on any atom is 0.338 e. The fourth-order valence-corrected chi connectivity index (χ4v) is 2.35. The smallest absolute Gasteiger partial charge is 0.338 e. The van der Waals surface area contributed by atoms with Gasteiger partial charge in [0.2, 0.25) is 10.0 Å². The van der Waals surface area contributed by atoms with Gasteiger partial charge in [0.1, 0.15) is 0 Å². The molecule has 1 aromatic rings. The van der Waals surface area contributed by atoms with Crippen molar-refractivity contribution in [2.24, 2.45) is 0 Å². The fraction of sp³-hybridized carbons (Fsp3) is 0.357. The van der Waals surface area contributed by atoms with Gasteiger partial charge in [-0.25, -0.2) is 17.9 Å². The Morgan fingerprint density at radius 3 is 2.70 bits per heavy atom. The molecule has 1 amide bonds. The van der Waals surface area contributed by atoms with Gasteiger partial charge >= 0.3 is 5.97 Å². The van der Waals surface area contributed by atoms with Crippen molar-refractivity contribution in [3.8, 4) is 6.07 Å². The molecule has 0 radical (unpaired) electrons. The standard InChI is InChI=1S/C14H17N3O5S/c1-16-23(20,21)12-6-3-5-11(9-12)14(19)22-10-13(18)17(2)8-4-7-15/h3,5-6,9,16H,4,8,10H2,1-2H3. The molecule has 0 aromatic heterocycles. The zero-order valence-corrected chi connectivity index (χ0v) is 13.6. The van der Waals surface area contributed by atoms with E-state index < -0.39 is 28.5 Å². The summed E-state index contributed by atoms with van der Waals surface area (Å²) in [7, 11) is -0.919. The molecule has 0 unspecified atom stereocenters. The Labute approximate surface area is 134 Å². The quantitative estimate of drug-likeness (QED) is 0.705. The number of nitrogens with zero attached hydrogens (tertiary/aromatic N) is 2. The van der Waals surface area contributed by atoms with Gasteiger partial charge in [-0.2, -0.15) is 5.26 Å². The largest absolute Gasteiger partial charge is 0.452 e. The van der Waals surface area contributed by atoms with Crippen LogP contribution >= 0.6 is 0 Å². The Morgan fingerprint density at radius 2 is 2.09 bits per heavy atom. The Morgan fingerprint density at radius 1 is 1.39 bits per heavy atom. The minimum Gasteiger partial charge on any atom is -0.452 e. The van der Waals surface area contributed by atoms with Gasteiger partial charge < -0.3 is 9.64 Å². The van der Waals surface area contributed by atoms with E-state index in [9.17, 15) is 18.0 Å². The molecule has 1 aromatic carbocycles. The Balaban J connectivity index is 2.71. The minimum atomic E-state index is -3.67. The molecule has 0 saturated heterocycles. The number of nitrogens with one attached hydrogen (secondary N) is 1. The maximum atomic E-state index is 11.9. The van der Waals surface area contributed by atoms with Crippen molar-refractivity contribution in [3.05, 3.63) is 29.8 Å². The molecular formula is C14H17N3O5S. The monoisotopic (exact) mass is 339 g/mol. The van der Waals surface area contributed by atoms with E-state index in [1.54, 1.807) is 0 Å². The molecule has 1 N–H and O–H groups in total. The van der Waals surface area contributed by atoms with Crippen molar-refractivity contribution in [2.75, 3.05) is 27.2 Å². The van der Waals surface area contributed by atoms with E-state index in [1.165, 1.54) is 37.2 Å². The second-order valence-corrected chi connectivity index (χ2v) is 6.42. The topological polar surface area (TPSA) is 117 Å². The first-order chi connectivity index (χ1) is 10.8. The van der Waals surface area contributed by atoms with E-state index in [-0.39, 0.29) is 23.4 Å². The summed E-state index contributed by atoms with van der Waals surface area (Å²) in [5, 5.41) is 8.45. The third-order valence-electron chi connectivity index (χ3n) is 2.96. The highest BCUT2D eigenvalue weighted by Gasteiger charge is 2.17. The van der Waals surface area contributed by atoms with Gasteiger partial charge in [0.05, 0.1) is 22.9 Å². The van der Waals surface area contributed by atoms with Crippen LogP contribution in [0.3, 0.4) is 0 Å². The van der Waals surface area contributed by atoms with Crippen LogP contribution in [-0.4, -0.2) is 52.4 Å². The van der Waals surface area contributed by atoms with E-state index in [0.29, 0.717) is 0 Å². The maximum absolute atomic E-state index is 11.9. The van der Waals surface area contributed by atoms with E-state index in [4.69, 9.17) is 10.00 Å². The fourth-order valence-electron chi connectivity index (χ4n) is 1.57. The number of sulfonamides is 1. The molecule has 124 valence electrons. The lowest BCUT2D eigenvalue weighted by atomic mass is 10.2. The highest BCUT2D eigenvalue weighted by atomic mass is 32.2. The van der Waals surface area contributed by atoms with Crippen molar-refractivity contribution >= 4 is 21.9 Å². The summed E-state index contributed by atoms with van der Waals surface area (Å²) < 4.78 is 30.4. The van der Waals surface area contributed by atoms with Crippen LogP contribution in [0.1, 0.15) is 16.8 Å². The number of hydrogen-bond donors (Lipinski definition) is 1. The molecule has 0 atom stereocenters. The molecule has 8 nitrogen and oxygen atoms in total. The molecule has 0 saturated carbocycles. The first kappa shape index (κ1) is 18.6. The van der Waals surface area contributed by atoms with Gasteiger partial charge in [-0.15, -0.1) is 0 Å². The molecule has 9 heteroatoms. The van der Waals surface area contributed by atoms with Crippen LogP contribution in [-0.2, 0) is 19.6 Å². The van der Waals surface area contributed by atoms with Crippen LogP contribution in [0.2, 0.25) is 0 Å². The Hall–Kier alpha value is -2.44. The first-order valence-corrected chi connectivity index (χ1v) is 8.11. The number of rotatable bonds is 7. The van der Waals surface area contributed by atoms with Crippen LogP contribution in [0.15, 0.2) is 29.2 Å². The lowest BCUT2D eigenvalue weighted by Crippen LogP contribution is -2.32. The zero-order chi connectivity index (χ0) is 17.5. The molecular weight excluding hydrogens is 322 g/mol. The predicted octanol–water partition coefficient (Wildman–Crippen LogP) is 0.124. The second kappa shape index (κ2) is 8.26. The molecule has 0 spiro atoms. The van der Waals surface area contributed by atoms with Crippen LogP contribution in [0.4, 0.5) is 0 Å². The predicted molar refractivity (Wildman–Crippen MR) is 80.8 cm³/mol. The van der Waals surface area contributed by atoms with Gasteiger partial charge in [0, 0.05) is 13.6 Å². The molecule has 0 aliphatic heterocycles. The summed E-state index contributed by atoms with van der Waals surface area (Å²) in [5.41, 5.74) is 0.0220. The zero-order valence-electron chi connectivity index (χ0n) is 12.8. The van der Waals surface area contributed by atoms with Gasteiger partial charge in [-0.1, -0.05) is 6.07 Å². The molecule has 1 rings (SSSR count). The number of carbonyl (C=O) groups is 2. The summed E-state index contributed by atoms with van der Waals surface area (Å²) >= 11 is 0. The molecule has 0 heterocycles. The number of hydrogen-bond acceptors (Lipinski definition) is 6. The molecule has 0 bridgehead atoms. The van der Waals surface area contributed by atoms with Crippen molar-refractivity contribution in [2.45, 2.75) is 11.3 Å². The summed E-state index contributed by atoms with van der Waals surface area (Å²) in [6.45, 7) is -0.244. The van der Waals surface area contributed by atoms with Crippen LogP contribution in [0, 0.1) is 11.3 Å². The van der Waals surface area contributed by atoms with Crippen LogP contribution < -0.4 is 4.72 Å². The Kier molecular flexibility index (Phi) is 6.68. The van der Waals surface area contributed by atoms with Crippen molar-refractivity contribution in [3.63, 3.8) is 0 Å². The van der Waals surface area contributed by atoms with Gasteiger partial charge in [-0.05, 0) is 25.2 Å². The number of amides is 1. The summed E-state index contributed by atoms with van der Waals surface area (Å²) in [6, 6.07) is 7.20. The molecule has 0 fully saturated rings. The minimum absolute atomic E-state index is 0.0220.